The lowest BCUT2D eigenvalue weighted by molar-refractivity contribution is -0.108. The van der Waals surface area contributed by atoms with E-state index >= 15 is 0 Å². The molecular weight excluding hydrogens is 409 g/mol. The minimum atomic E-state index is -0.466. The van der Waals surface area contributed by atoms with Crippen LogP contribution in [0.1, 0.15) is 51.2 Å². The molecule has 0 bridgehead atoms. The second kappa shape index (κ2) is 16.8. The van der Waals surface area contributed by atoms with Crippen LogP contribution < -0.4 is 5.32 Å². The molecule has 1 fully saturated rings. The van der Waals surface area contributed by atoms with Crippen LogP contribution in [-0.2, 0) is 4.79 Å². The molecule has 0 saturated carbocycles. The summed E-state index contributed by atoms with van der Waals surface area (Å²) in [6.45, 7) is 12.5. The first-order valence-corrected chi connectivity index (χ1v) is 10.9. The van der Waals surface area contributed by atoms with Gasteiger partial charge in [-0.2, -0.15) is 4.98 Å². The van der Waals surface area contributed by atoms with Crippen molar-refractivity contribution in [2.24, 2.45) is 10.9 Å². The van der Waals surface area contributed by atoms with Crippen LogP contribution >= 0.6 is 0 Å². The Balaban J connectivity index is 0.000000323. The number of allylic oxidation sites excluding steroid dienone is 5. The number of nitrogens with one attached hydrogen (secondary N) is 1. The number of amides is 1. The van der Waals surface area contributed by atoms with Gasteiger partial charge in [-0.15, -0.1) is 0 Å². The molecule has 2 heterocycles. The number of rotatable bonds is 10. The van der Waals surface area contributed by atoms with Gasteiger partial charge in [0.05, 0.1) is 0 Å². The molecular formula is C24H36FN5O2. The van der Waals surface area contributed by atoms with Gasteiger partial charge >= 0.3 is 0 Å². The fraction of sp³-hybridized carbons (Fsp3) is 0.500. The number of carbonyl (C=O) groups is 1. The van der Waals surface area contributed by atoms with Crippen LogP contribution in [0.25, 0.3) is 5.57 Å². The Morgan fingerprint density at radius 3 is 2.84 bits per heavy atom. The van der Waals surface area contributed by atoms with E-state index in [4.69, 9.17) is 4.52 Å². The number of aromatic nitrogens is 2. The number of hydrogen-bond acceptors (Lipinski definition) is 6. The molecule has 176 valence electrons. The molecule has 32 heavy (non-hydrogen) atoms. The summed E-state index contributed by atoms with van der Waals surface area (Å²) in [7, 11) is 0. The molecule has 0 aromatic carbocycles. The predicted octanol–water partition coefficient (Wildman–Crippen LogP) is 4.65. The van der Waals surface area contributed by atoms with Gasteiger partial charge in [0, 0.05) is 37.2 Å². The summed E-state index contributed by atoms with van der Waals surface area (Å²) in [6.07, 6.45) is 14.9. The standard InChI is InChI=1S/C13H23N3O.C11H13FN2O/c1-12-4-3-8-16(9-5-12)10-13(2)15-7-6-14-11-17;1-3-6-10(7-4-5-8-12)11-13-9(2)15-14-11/h6-7,11-12H,3-5,8-10H2,1-2H3,(H,14,17);3-6H,1,7-8H2,2H3/b7-6-,15-13?;5-4-,10-6+. The molecule has 1 aliphatic rings. The quantitative estimate of drug-likeness (QED) is 0.245. The van der Waals surface area contributed by atoms with E-state index in [9.17, 15) is 9.18 Å². The molecule has 1 aliphatic heterocycles. The number of carbonyl (C=O) groups excluding carboxylic acids is 1. The highest BCUT2D eigenvalue weighted by Crippen LogP contribution is 2.16. The maximum atomic E-state index is 11.9. The van der Waals surface area contributed by atoms with Crippen LogP contribution in [0.15, 0.2) is 52.8 Å². The first kappa shape index (κ1) is 27.2. The van der Waals surface area contributed by atoms with Crippen LogP contribution in [0.4, 0.5) is 4.39 Å². The van der Waals surface area contributed by atoms with Crippen molar-refractivity contribution in [3.05, 3.63) is 55.0 Å². The van der Waals surface area contributed by atoms with Crippen molar-refractivity contribution in [1.82, 2.24) is 20.4 Å². The van der Waals surface area contributed by atoms with Crippen LogP contribution in [0.2, 0.25) is 0 Å². The topological polar surface area (TPSA) is 83.6 Å². The van der Waals surface area contributed by atoms with E-state index in [0.717, 1.165) is 23.7 Å². The van der Waals surface area contributed by atoms with Crippen molar-refractivity contribution < 1.29 is 13.7 Å². The minimum absolute atomic E-state index is 0.466. The molecule has 1 saturated heterocycles. The summed E-state index contributed by atoms with van der Waals surface area (Å²) in [5.74, 6) is 1.89. The van der Waals surface area contributed by atoms with Crippen molar-refractivity contribution in [3.63, 3.8) is 0 Å². The van der Waals surface area contributed by atoms with E-state index < -0.39 is 6.67 Å². The fourth-order valence-corrected chi connectivity index (χ4v) is 3.17. The largest absolute Gasteiger partial charge is 0.339 e. The van der Waals surface area contributed by atoms with Gasteiger partial charge in [-0.3, -0.25) is 14.7 Å². The number of alkyl halides is 1. The van der Waals surface area contributed by atoms with Gasteiger partial charge < -0.3 is 9.84 Å². The second-order valence-corrected chi connectivity index (χ2v) is 7.67. The Labute approximate surface area is 190 Å². The Hall–Kier alpha value is -2.87. The van der Waals surface area contributed by atoms with Crippen LogP contribution in [0, 0.1) is 12.8 Å². The maximum absolute atomic E-state index is 11.9. The zero-order valence-electron chi connectivity index (χ0n) is 19.5. The SMILES string of the molecule is C=C/C=C(\C/C=C\CF)c1noc(C)n1.CC(CN1CCCC(C)CC1)=N/C=C\NC=O. The van der Waals surface area contributed by atoms with E-state index in [1.807, 2.05) is 6.92 Å². The van der Waals surface area contributed by atoms with Gasteiger partial charge in [0.1, 0.15) is 6.67 Å². The van der Waals surface area contributed by atoms with Gasteiger partial charge in [0.15, 0.2) is 5.82 Å². The number of nitrogens with zero attached hydrogens (tertiary/aromatic N) is 4. The summed E-state index contributed by atoms with van der Waals surface area (Å²) < 4.78 is 16.7. The summed E-state index contributed by atoms with van der Waals surface area (Å²) in [5.41, 5.74) is 1.94. The third-order valence-corrected chi connectivity index (χ3v) is 4.82. The molecule has 1 aromatic rings. The molecule has 0 spiro atoms. The van der Waals surface area contributed by atoms with Crippen molar-refractivity contribution in [2.45, 2.75) is 46.5 Å². The van der Waals surface area contributed by atoms with E-state index in [1.165, 1.54) is 38.4 Å². The first-order chi connectivity index (χ1) is 15.5. The molecule has 1 N–H and O–H groups in total. The molecule has 1 atom stereocenters. The molecule has 1 aromatic heterocycles. The third-order valence-electron chi connectivity index (χ3n) is 4.82. The number of hydrogen-bond donors (Lipinski definition) is 1. The van der Waals surface area contributed by atoms with E-state index in [0.29, 0.717) is 24.5 Å². The highest BCUT2D eigenvalue weighted by atomic mass is 19.1. The van der Waals surface area contributed by atoms with Crippen molar-refractivity contribution in [2.75, 3.05) is 26.3 Å². The van der Waals surface area contributed by atoms with Crippen molar-refractivity contribution in [3.8, 4) is 0 Å². The molecule has 1 amide bonds. The Morgan fingerprint density at radius 2 is 2.19 bits per heavy atom. The summed E-state index contributed by atoms with van der Waals surface area (Å²) in [6, 6.07) is 0. The van der Waals surface area contributed by atoms with Gasteiger partial charge in [0.25, 0.3) is 0 Å². The smallest absolute Gasteiger partial charge is 0.223 e. The van der Waals surface area contributed by atoms with Gasteiger partial charge in [-0.25, -0.2) is 4.39 Å². The lowest BCUT2D eigenvalue weighted by Crippen LogP contribution is -2.29. The lowest BCUT2D eigenvalue weighted by atomic mass is 10.0. The van der Waals surface area contributed by atoms with Crippen molar-refractivity contribution >= 4 is 17.7 Å². The van der Waals surface area contributed by atoms with Gasteiger partial charge in [-0.05, 0) is 51.6 Å². The first-order valence-electron chi connectivity index (χ1n) is 10.9. The Kier molecular flexibility index (Phi) is 14.2. The average Bonchev–Trinajstić information content (AvgIpc) is 3.10. The molecule has 7 nitrogen and oxygen atoms in total. The van der Waals surface area contributed by atoms with Crippen LogP contribution in [0.3, 0.4) is 0 Å². The van der Waals surface area contributed by atoms with Crippen LogP contribution in [-0.4, -0.2) is 53.5 Å². The Morgan fingerprint density at radius 1 is 1.38 bits per heavy atom. The molecule has 8 heteroatoms. The normalized spacial score (nSPS) is 18.3. The third kappa shape index (κ3) is 12.1. The lowest BCUT2D eigenvalue weighted by Gasteiger charge is -2.19. The maximum Gasteiger partial charge on any atom is 0.223 e. The van der Waals surface area contributed by atoms with E-state index in [2.05, 4.69) is 38.9 Å². The molecule has 2 rings (SSSR count). The molecule has 0 aliphatic carbocycles. The highest BCUT2D eigenvalue weighted by molar-refractivity contribution is 5.84. The molecule has 0 radical (unpaired) electrons. The van der Waals surface area contributed by atoms with E-state index in [1.54, 1.807) is 37.6 Å². The van der Waals surface area contributed by atoms with Gasteiger partial charge in [0.2, 0.25) is 12.3 Å². The minimum Gasteiger partial charge on any atom is -0.339 e. The summed E-state index contributed by atoms with van der Waals surface area (Å²) in [5, 5.41) is 6.22. The summed E-state index contributed by atoms with van der Waals surface area (Å²) in [4.78, 5) is 20.8. The highest BCUT2D eigenvalue weighted by Gasteiger charge is 2.13. The molecule has 1 unspecified atom stereocenters. The number of halogens is 1. The number of aryl methyl sites for hydroxylation is 1. The predicted molar refractivity (Wildman–Crippen MR) is 128 cm³/mol. The van der Waals surface area contributed by atoms with E-state index in [-0.39, 0.29) is 0 Å². The van der Waals surface area contributed by atoms with Crippen molar-refractivity contribution in [1.29, 1.82) is 0 Å². The monoisotopic (exact) mass is 445 g/mol. The Bertz CT molecular complexity index is 798. The number of aliphatic imine (C=N–C) groups is 1. The zero-order valence-corrected chi connectivity index (χ0v) is 19.5. The zero-order chi connectivity index (χ0) is 23.6. The van der Waals surface area contributed by atoms with Gasteiger partial charge in [-0.1, -0.05) is 43.0 Å². The second-order valence-electron chi connectivity index (χ2n) is 7.67. The number of likely N-dealkylation sites (tertiary alicyclic amines) is 1. The fourth-order valence-electron chi connectivity index (χ4n) is 3.17. The average molecular weight is 446 g/mol. The van der Waals surface area contributed by atoms with Crippen LogP contribution in [0.5, 0.6) is 0 Å². The summed E-state index contributed by atoms with van der Waals surface area (Å²) >= 11 is 0.